The van der Waals surface area contributed by atoms with Crippen molar-refractivity contribution in [3.05, 3.63) is 29.5 Å². The zero-order valence-electron chi connectivity index (χ0n) is 20.1. The number of fused-ring (bicyclic) bond motifs is 1. The summed E-state index contributed by atoms with van der Waals surface area (Å²) in [5.41, 5.74) is 2.65. The average Bonchev–Trinajstić information content (AvgIpc) is 3.59. The Labute approximate surface area is 196 Å². The number of aryl methyl sites for hydroxylation is 1. The van der Waals surface area contributed by atoms with Gasteiger partial charge in [0.15, 0.2) is 0 Å². The molecule has 0 bridgehead atoms. The molecule has 0 atom stereocenters. The molecule has 7 heteroatoms. The number of amides is 2. The van der Waals surface area contributed by atoms with Crippen molar-refractivity contribution in [2.24, 2.45) is 5.92 Å². The Morgan fingerprint density at radius 2 is 1.61 bits per heavy atom. The normalized spacial score (nSPS) is 20.6. The van der Waals surface area contributed by atoms with Crippen molar-refractivity contribution in [3.63, 3.8) is 0 Å². The van der Waals surface area contributed by atoms with Crippen molar-refractivity contribution in [2.45, 2.75) is 58.6 Å². The Kier molecular flexibility index (Phi) is 6.08. The first-order chi connectivity index (χ1) is 15.9. The lowest BCUT2D eigenvalue weighted by molar-refractivity contribution is -0.134. The molecule has 2 amide bonds. The molecule has 1 aromatic carbocycles. The molecule has 5 rings (SSSR count). The van der Waals surface area contributed by atoms with Crippen LogP contribution in [0.3, 0.4) is 0 Å². The quantitative estimate of drug-likeness (QED) is 0.755. The third-order valence-corrected chi connectivity index (χ3v) is 7.45. The Hall–Kier alpha value is -2.54. The first-order valence-corrected chi connectivity index (χ1v) is 12.5. The van der Waals surface area contributed by atoms with Crippen LogP contribution in [0.4, 0.5) is 0 Å². The van der Waals surface area contributed by atoms with E-state index in [2.05, 4.69) is 42.8 Å². The fourth-order valence-electron chi connectivity index (χ4n) is 5.09. The zero-order valence-corrected chi connectivity index (χ0v) is 20.1. The van der Waals surface area contributed by atoms with Gasteiger partial charge in [-0.05, 0) is 70.2 Å². The Morgan fingerprint density at radius 3 is 2.24 bits per heavy atom. The number of aromatic amines is 1. The minimum absolute atomic E-state index is 0.00546. The summed E-state index contributed by atoms with van der Waals surface area (Å²) in [5, 5.41) is 1.00. The van der Waals surface area contributed by atoms with E-state index in [1.165, 1.54) is 0 Å². The molecule has 178 valence electrons. The monoisotopic (exact) mass is 452 g/mol. The van der Waals surface area contributed by atoms with Gasteiger partial charge in [-0.3, -0.25) is 9.59 Å². The number of nitrogens with one attached hydrogen (secondary N) is 1. The van der Waals surface area contributed by atoms with Crippen LogP contribution in [0.5, 0.6) is 5.75 Å². The van der Waals surface area contributed by atoms with Crippen LogP contribution < -0.4 is 4.74 Å². The topological polar surface area (TPSA) is 68.9 Å². The molecule has 3 fully saturated rings. The lowest BCUT2D eigenvalue weighted by Crippen LogP contribution is -2.51. The van der Waals surface area contributed by atoms with E-state index >= 15 is 0 Å². The van der Waals surface area contributed by atoms with Crippen LogP contribution in [-0.4, -0.2) is 82.9 Å². The number of nitrogens with zero attached hydrogens (tertiary/aromatic N) is 3. The third kappa shape index (κ3) is 4.74. The van der Waals surface area contributed by atoms with E-state index in [9.17, 15) is 9.59 Å². The second-order valence-corrected chi connectivity index (χ2v) is 10.2. The van der Waals surface area contributed by atoms with Crippen LogP contribution in [-0.2, 0) is 4.79 Å². The van der Waals surface area contributed by atoms with Gasteiger partial charge in [0, 0.05) is 62.1 Å². The van der Waals surface area contributed by atoms with Gasteiger partial charge in [0.1, 0.15) is 17.5 Å². The maximum absolute atomic E-state index is 13.1. The van der Waals surface area contributed by atoms with Crippen molar-refractivity contribution in [1.82, 2.24) is 19.7 Å². The molecular formula is C26H36N4O3. The lowest BCUT2D eigenvalue weighted by atomic mass is 10.1. The molecular weight excluding hydrogens is 416 g/mol. The number of H-pyrrole nitrogens is 1. The standard InChI is InChI=1S/C26H36N4O3/c1-17(2)28-8-6-21(7-9-28)33-24-16-20-15-23(27-22(20)14-18(24)3)26(32)30-12-10-29(11-13-30)25(31)19-4-5-19/h14-17,19,21,27H,4-13H2,1-3H3. The smallest absolute Gasteiger partial charge is 0.270 e. The fraction of sp³-hybridized carbons (Fsp3) is 0.615. The number of piperidine rings is 1. The van der Waals surface area contributed by atoms with Crippen LogP contribution in [0.25, 0.3) is 10.9 Å². The number of piperazine rings is 1. The highest BCUT2D eigenvalue weighted by Crippen LogP contribution is 2.32. The lowest BCUT2D eigenvalue weighted by Gasteiger charge is -2.34. The van der Waals surface area contributed by atoms with E-state index in [1.807, 2.05) is 15.9 Å². The maximum atomic E-state index is 13.1. The highest BCUT2D eigenvalue weighted by Gasteiger charge is 2.35. The number of likely N-dealkylation sites (tertiary alicyclic amines) is 1. The SMILES string of the molecule is Cc1cc2[nH]c(C(=O)N3CCN(C(=O)C4CC4)CC3)cc2cc1OC1CCN(C(C)C)CC1. The van der Waals surface area contributed by atoms with Gasteiger partial charge in [0.25, 0.3) is 5.91 Å². The van der Waals surface area contributed by atoms with Gasteiger partial charge in [-0.25, -0.2) is 0 Å². The highest BCUT2D eigenvalue weighted by molar-refractivity contribution is 5.98. The number of carbonyl (C=O) groups is 2. The fourth-order valence-corrected chi connectivity index (χ4v) is 5.09. The van der Waals surface area contributed by atoms with Gasteiger partial charge in [-0.1, -0.05) is 0 Å². The summed E-state index contributed by atoms with van der Waals surface area (Å²) in [4.78, 5) is 35.0. The molecule has 33 heavy (non-hydrogen) atoms. The molecule has 2 saturated heterocycles. The first-order valence-electron chi connectivity index (χ1n) is 12.5. The number of hydrogen-bond acceptors (Lipinski definition) is 4. The molecule has 0 spiro atoms. The molecule has 1 aromatic heterocycles. The van der Waals surface area contributed by atoms with Crippen molar-refractivity contribution in [1.29, 1.82) is 0 Å². The molecule has 1 aliphatic carbocycles. The van der Waals surface area contributed by atoms with Crippen LogP contribution in [0.2, 0.25) is 0 Å². The van der Waals surface area contributed by atoms with Crippen molar-refractivity contribution >= 4 is 22.7 Å². The second kappa shape index (κ2) is 9.01. The van der Waals surface area contributed by atoms with E-state index in [-0.39, 0.29) is 23.8 Å². The molecule has 7 nitrogen and oxygen atoms in total. The summed E-state index contributed by atoms with van der Waals surface area (Å²) < 4.78 is 6.39. The first kappa shape index (κ1) is 22.3. The van der Waals surface area contributed by atoms with Crippen LogP contribution in [0.1, 0.15) is 55.6 Å². The van der Waals surface area contributed by atoms with Gasteiger partial charge in [-0.2, -0.15) is 0 Å². The molecule has 0 radical (unpaired) electrons. The van der Waals surface area contributed by atoms with E-state index < -0.39 is 0 Å². The largest absolute Gasteiger partial charge is 0.490 e. The summed E-state index contributed by atoms with van der Waals surface area (Å²) in [5.74, 6) is 1.43. The molecule has 1 N–H and O–H groups in total. The molecule has 3 aliphatic rings. The number of rotatable bonds is 5. The Bertz CT molecular complexity index is 1030. The van der Waals surface area contributed by atoms with Crippen molar-refractivity contribution in [3.8, 4) is 5.75 Å². The maximum Gasteiger partial charge on any atom is 0.270 e. The van der Waals surface area contributed by atoms with E-state index in [0.717, 1.165) is 61.0 Å². The summed E-state index contributed by atoms with van der Waals surface area (Å²) in [7, 11) is 0. The van der Waals surface area contributed by atoms with Gasteiger partial charge in [-0.15, -0.1) is 0 Å². The molecule has 0 unspecified atom stereocenters. The van der Waals surface area contributed by atoms with Crippen LogP contribution >= 0.6 is 0 Å². The molecule has 2 aromatic rings. The predicted molar refractivity (Wildman–Crippen MR) is 129 cm³/mol. The van der Waals surface area contributed by atoms with Crippen LogP contribution in [0, 0.1) is 12.8 Å². The van der Waals surface area contributed by atoms with E-state index in [0.29, 0.717) is 37.9 Å². The molecule has 2 aliphatic heterocycles. The summed E-state index contributed by atoms with van der Waals surface area (Å²) in [6.07, 6.45) is 4.37. The number of ether oxygens (including phenoxy) is 1. The second-order valence-electron chi connectivity index (χ2n) is 10.2. The molecule has 3 heterocycles. The number of aromatic nitrogens is 1. The number of benzene rings is 1. The zero-order chi connectivity index (χ0) is 23.1. The van der Waals surface area contributed by atoms with E-state index in [1.54, 1.807) is 0 Å². The number of hydrogen-bond donors (Lipinski definition) is 1. The summed E-state index contributed by atoms with van der Waals surface area (Å²) in [6.45, 7) is 11.2. The van der Waals surface area contributed by atoms with Gasteiger partial charge < -0.3 is 24.4 Å². The molecule has 1 saturated carbocycles. The van der Waals surface area contributed by atoms with Crippen LogP contribution in [0.15, 0.2) is 18.2 Å². The van der Waals surface area contributed by atoms with Crippen molar-refractivity contribution in [2.75, 3.05) is 39.3 Å². The summed E-state index contributed by atoms with van der Waals surface area (Å²) >= 11 is 0. The van der Waals surface area contributed by atoms with Crippen molar-refractivity contribution < 1.29 is 14.3 Å². The van der Waals surface area contributed by atoms with Gasteiger partial charge >= 0.3 is 0 Å². The minimum Gasteiger partial charge on any atom is -0.490 e. The number of carbonyl (C=O) groups excluding carboxylic acids is 2. The average molecular weight is 453 g/mol. The Balaban J connectivity index is 1.23. The Morgan fingerprint density at radius 1 is 0.939 bits per heavy atom. The minimum atomic E-state index is 0.00546. The predicted octanol–water partition coefficient (Wildman–Crippen LogP) is 3.42. The van der Waals surface area contributed by atoms with Gasteiger partial charge in [0.05, 0.1) is 0 Å². The highest BCUT2D eigenvalue weighted by atomic mass is 16.5. The summed E-state index contributed by atoms with van der Waals surface area (Å²) in [6, 6.07) is 6.67. The van der Waals surface area contributed by atoms with E-state index in [4.69, 9.17) is 4.74 Å². The van der Waals surface area contributed by atoms with Gasteiger partial charge in [0.2, 0.25) is 5.91 Å². The third-order valence-electron chi connectivity index (χ3n) is 7.45.